The summed E-state index contributed by atoms with van der Waals surface area (Å²) in [4.78, 5) is 13.2. The number of nitrogens with one attached hydrogen (secondary N) is 1. The maximum absolute atomic E-state index is 13.2. The van der Waals surface area contributed by atoms with E-state index in [1.807, 2.05) is 0 Å². The van der Waals surface area contributed by atoms with Crippen molar-refractivity contribution in [1.82, 2.24) is 5.32 Å². The second-order valence-electron chi connectivity index (χ2n) is 2.96. The molecule has 0 aliphatic rings. The highest BCUT2D eigenvalue weighted by atomic mass is 35.5. The topological polar surface area (TPSA) is 29.1 Å². The second-order valence-corrected chi connectivity index (χ2v) is 3.71. The third kappa shape index (κ3) is 4.30. The van der Waals surface area contributed by atoms with Crippen LogP contribution >= 0.6 is 23.2 Å². The molecule has 1 N–H and O–H groups in total. The maximum atomic E-state index is 13.2. The fourth-order valence-electron chi connectivity index (χ4n) is 0.851. The third-order valence-electron chi connectivity index (χ3n) is 1.49. The van der Waals surface area contributed by atoms with Crippen LogP contribution in [0.3, 0.4) is 0 Å². The van der Waals surface area contributed by atoms with Gasteiger partial charge in [-0.1, -0.05) is 23.2 Å². The van der Waals surface area contributed by atoms with Crippen molar-refractivity contribution >= 4 is 29.0 Å². The molecule has 4 heteroatoms. The number of halogens is 2. The van der Waals surface area contributed by atoms with Crippen molar-refractivity contribution in [3.63, 3.8) is 0 Å². The molecule has 1 aromatic rings. The van der Waals surface area contributed by atoms with Crippen molar-refractivity contribution in [3.05, 3.63) is 33.7 Å². The number of rotatable bonds is 3. The number of benzene rings is 1. The minimum atomic E-state index is -4.11. The number of hydrogen-bond acceptors (Lipinski definition) is 2. The first kappa shape index (κ1) is 3.72. The van der Waals surface area contributed by atoms with Gasteiger partial charge >= 0.3 is 0 Å². The van der Waals surface area contributed by atoms with Crippen LogP contribution in [0.25, 0.3) is 0 Å². The molecule has 0 bridgehead atoms. The zero-order valence-corrected chi connectivity index (χ0v) is 9.68. The minimum Gasteiger partial charge on any atom is -0.303 e. The largest absolute Gasteiger partial charge is 0.303 e. The summed E-state index contributed by atoms with van der Waals surface area (Å²) in [5, 5.41) is -0.153. The van der Waals surface area contributed by atoms with Crippen molar-refractivity contribution in [2.45, 2.75) is 39.0 Å². The standard InChI is InChI=1S/C13H17Cl2NO/c1-8(16-13(2,3)4)12(17)9-5-6-10(14)11(15)7-9/h5-8,16H,1-4H3/t8-/m1/s1/i1D3,2D3,3D3,4D3,5D,6D,7D,8D. The smallest absolute Gasteiger partial charge is 0.179 e. The molecule has 0 saturated heterocycles. The average Bonchev–Trinajstić information content (AvgIpc) is 2.58. The van der Waals surface area contributed by atoms with Crippen LogP contribution in [0.5, 0.6) is 0 Å². The summed E-state index contributed by atoms with van der Waals surface area (Å²) in [6, 6.07) is -7.23. The van der Waals surface area contributed by atoms with Gasteiger partial charge in [-0.25, -0.2) is 0 Å². The van der Waals surface area contributed by atoms with E-state index in [-0.39, 0.29) is 0 Å². The van der Waals surface area contributed by atoms with Crippen LogP contribution in [0.15, 0.2) is 18.1 Å². The van der Waals surface area contributed by atoms with E-state index in [1.165, 1.54) is 5.32 Å². The lowest BCUT2D eigenvalue weighted by Gasteiger charge is -2.25. The summed E-state index contributed by atoms with van der Waals surface area (Å²) < 4.78 is 123. The Morgan fingerprint density at radius 1 is 1.47 bits per heavy atom. The Morgan fingerprint density at radius 3 is 2.76 bits per heavy atom. The van der Waals surface area contributed by atoms with Crippen molar-refractivity contribution in [1.29, 1.82) is 0 Å². The number of hydrogen-bond donors (Lipinski definition) is 1. The Labute approximate surface area is 135 Å². The van der Waals surface area contributed by atoms with E-state index in [9.17, 15) is 4.79 Å². The Hall–Kier alpha value is -0.570. The molecule has 0 amide bonds. The summed E-state index contributed by atoms with van der Waals surface area (Å²) >= 11 is 11.4. The summed E-state index contributed by atoms with van der Waals surface area (Å²) in [5.41, 5.74) is -5.38. The van der Waals surface area contributed by atoms with Crippen LogP contribution < -0.4 is 5.32 Å². The molecule has 0 aliphatic heterocycles. The molecule has 0 radical (unpaired) electrons. The van der Waals surface area contributed by atoms with Crippen molar-refractivity contribution in [3.8, 4) is 0 Å². The predicted molar refractivity (Wildman–Crippen MR) is 73.1 cm³/mol. The van der Waals surface area contributed by atoms with Gasteiger partial charge in [0.1, 0.15) is 0 Å². The Kier molecular flexibility index (Phi) is 1.18. The van der Waals surface area contributed by atoms with Crippen LogP contribution in [0.1, 0.15) is 59.7 Å². The molecule has 1 rings (SSSR count). The van der Waals surface area contributed by atoms with Gasteiger partial charge in [0.15, 0.2) is 5.78 Å². The Balaban J connectivity index is 4.11. The minimum absolute atomic E-state index is 0.650. The summed E-state index contributed by atoms with van der Waals surface area (Å²) in [7, 11) is 0. The molecular weight excluding hydrogens is 257 g/mol. The fraction of sp³-hybridized carbons (Fsp3) is 0.462. The Bertz CT molecular complexity index is 881. The van der Waals surface area contributed by atoms with Gasteiger partial charge in [0.25, 0.3) is 0 Å². The highest BCUT2D eigenvalue weighted by Gasteiger charge is 2.20. The number of carbonyl (C=O) groups is 1. The summed E-state index contributed by atoms with van der Waals surface area (Å²) in [6.07, 6.45) is 0. The number of Topliss-reactive ketones (excluding diaryl/α,β-unsaturated/α-hetero) is 1. The van der Waals surface area contributed by atoms with Crippen LogP contribution in [0, 0.1) is 0 Å². The van der Waals surface area contributed by atoms with E-state index >= 15 is 0 Å². The second kappa shape index (κ2) is 5.38. The van der Waals surface area contributed by atoms with Crippen LogP contribution in [-0.2, 0) is 0 Å². The molecule has 94 valence electrons. The summed E-state index contributed by atoms with van der Waals surface area (Å²) in [6.45, 7) is -16.0. The van der Waals surface area contributed by atoms with Crippen molar-refractivity contribution in [2.24, 2.45) is 0 Å². The first-order valence-electron chi connectivity index (χ1n) is 12.1. The monoisotopic (exact) mass is 289 g/mol. The molecule has 1 atom stereocenters. The molecule has 17 heavy (non-hydrogen) atoms. The van der Waals surface area contributed by atoms with E-state index in [0.717, 1.165) is 0 Å². The lowest BCUT2D eigenvalue weighted by Crippen LogP contribution is -2.46. The molecule has 2 nitrogen and oxygen atoms in total. The van der Waals surface area contributed by atoms with Crippen molar-refractivity contribution < 1.29 is 26.7 Å². The fourth-order valence-corrected chi connectivity index (χ4v) is 1.09. The normalized spacial score (nSPS) is 32.1. The number of carbonyl (C=O) groups excluding carboxylic acids is 1. The molecule has 0 unspecified atom stereocenters. The van der Waals surface area contributed by atoms with E-state index in [4.69, 9.17) is 45.1 Å². The average molecular weight is 290 g/mol. The van der Waals surface area contributed by atoms with E-state index in [0.29, 0.717) is 0 Å². The maximum Gasteiger partial charge on any atom is 0.179 e. The van der Waals surface area contributed by atoms with E-state index < -0.39 is 78.5 Å². The van der Waals surface area contributed by atoms with Crippen LogP contribution in [0.2, 0.25) is 10.0 Å². The lowest BCUT2D eigenvalue weighted by molar-refractivity contribution is 0.0936. The van der Waals surface area contributed by atoms with Gasteiger partial charge in [0.2, 0.25) is 0 Å². The molecule has 0 spiro atoms. The Morgan fingerprint density at radius 2 is 2.18 bits per heavy atom. The van der Waals surface area contributed by atoms with Crippen LogP contribution in [-0.4, -0.2) is 17.3 Å². The first-order valence-corrected chi connectivity index (χ1v) is 4.84. The molecular formula is C13H17Cl2NO. The molecule has 0 aliphatic carbocycles. The number of ketones is 1. The third-order valence-corrected chi connectivity index (χ3v) is 2.15. The predicted octanol–water partition coefficient (Wildman–Crippen LogP) is 3.95. The van der Waals surface area contributed by atoms with E-state index in [1.54, 1.807) is 0 Å². The highest BCUT2D eigenvalue weighted by molar-refractivity contribution is 6.42. The van der Waals surface area contributed by atoms with Crippen LogP contribution in [0.4, 0.5) is 0 Å². The first-order chi connectivity index (χ1) is 14.3. The highest BCUT2D eigenvalue weighted by Crippen LogP contribution is 2.23. The zero-order chi connectivity index (χ0) is 26.7. The molecule has 0 heterocycles. The quantitative estimate of drug-likeness (QED) is 0.854. The zero-order valence-electron chi connectivity index (χ0n) is 24.2. The molecule has 0 saturated carbocycles. The van der Waals surface area contributed by atoms with Gasteiger partial charge in [0.05, 0.1) is 21.5 Å². The van der Waals surface area contributed by atoms with Gasteiger partial charge in [-0.2, -0.15) is 0 Å². The van der Waals surface area contributed by atoms with Gasteiger partial charge < -0.3 is 5.32 Å². The van der Waals surface area contributed by atoms with Gasteiger partial charge in [0, 0.05) is 27.6 Å². The SMILES string of the molecule is [2H]c1c([2H])c(C(=O)[C@]([2H])(NC(C([2H])([2H])[2H])(C([2H])([2H])[2H])C([2H])([2H])[2H])C([2H])([2H])[2H])c([2H])c(Cl)c1Cl. The van der Waals surface area contributed by atoms with Gasteiger partial charge in [-0.3, -0.25) is 4.79 Å². The van der Waals surface area contributed by atoms with Gasteiger partial charge in [-0.15, -0.1) is 0 Å². The molecule has 0 fully saturated rings. The molecule has 0 aromatic heterocycles. The summed E-state index contributed by atoms with van der Waals surface area (Å²) in [5.74, 6) is -2.08. The van der Waals surface area contributed by atoms with Crippen molar-refractivity contribution in [2.75, 3.05) is 0 Å². The lowest BCUT2D eigenvalue weighted by atomic mass is 10.0. The molecule has 1 aromatic carbocycles. The van der Waals surface area contributed by atoms with E-state index in [2.05, 4.69) is 0 Å². The van der Waals surface area contributed by atoms with Gasteiger partial charge in [-0.05, 0) is 45.5 Å².